The van der Waals surface area contributed by atoms with Crippen LogP contribution in [-0.2, 0) is 23.1 Å². The van der Waals surface area contributed by atoms with Crippen LogP contribution >= 0.6 is 0 Å². The van der Waals surface area contributed by atoms with Crippen LogP contribution in [-0.4, -0.2) is 43.8 Å². The summed E-state index contributed by atoms with van der Waals surface area (Å²) in [5.41, 5.74) is 7.79. The molecule has 112 valence electrons. The molecule has 2 rings (SSSR count). The number of aromatic nitrogens is 5. The average molecular weight is 292 g/mol. The molecule has 0 saturated carbocycles. The van der Waals surface area contributed by atoms with Gasteiger partial charge in [-0.05, 0) is 13.8 Å². The summed E-state index contributed by atoms with van der Waals surface area (Å²) in [6.45, 7) is 3.45. The van der Waals surface area contributed by atoms with Crippen LogP contribution in [0.1, 0.15) is 21.9 Å². The fraction of sp³-hybridized carbons (Fsp3) is 0.417. The van der Waals surface area contributed by atoms with Crippen molar-refractivity contribution >= 4 is 11.9 Å². The molecule has 0 aliphatic rings. The van der Waals surface area contributed by atoms with E-state index < -0.39 is 11.9 Å². The van der Waals surface area contributed by atoms with Crippen LogP contribution in [0.5, 0.6) is 0 Å². The first kappa shape index (κ1) is 14.7. The SMILES string of the molecule is COC(=O)c1nnn(CC(N)=O)c1-c1c(C)nn(C)c1C. The summed E-state index contributed by atoms with van der Waals surface area (Å²) in [7, 11) is 3.04. The molecule has 0 saturated heterocycles. The third kappa shape index (κ3) is 2.49. The molecule has 0 spiro atoms. The van der Waals surface area contributed by atoms with Crippen LogP contribution in [0.3, 0.4) is 0 Å². The lowest BCUT2D eigenvalue weighted by molar-refractivity contribution is -0.118. The highest BCUT2D eigenvalue weighted by molar-refractivity contribution is 5.95. The van der Waals surface area contributed by atoms with Crippen molar-refractivity contribution in [1.29, 1.82) is 0 Å². The average Bonchev–Trinajstić information content (AvgIpc) is 2.90. The summed E-state index contributed by atoms with van der Waals surface area (Å²) in [5, 5.41) is 11.9. The fourth-order valence-electron chi connectivity index (χ4n) is 2.17. The standard InChI is InChI=1S/C12H16N6O3/c1-6-9(7(2)17(3)15-6)11-10(12(20)21-4)14-16-18(11)5-8(13)19/h5H2,1-4H3,(H2,13,19). The number of hydrogen-bond acceptors (Lipinski definition) is 6. The maximum atomic E-state index is 11.9. The van der Waals surface area contributed by atoms with E-state index in [2.05, 4.69) is 15.4 Å². The van der Waals surface area contributed by atoms with E-state index >= 15 is 0 Å². The van der Waals surface area contributed by atoms with E-state index in [-0.39, 0.29) is 12.2 Å². The molecule has 9 nitrogen and oxygen atoms in total. The number of nitrogens with zero attached hydrogens (tertiary/aromatic N) is 5. The number of amides is 1. The molecule has 2 aromatic heterocycles. The number of carbonyl (C=O) groups excluding carboxylic acids is 2. The second-order valence-electron chi connectivity index (χ2n) is 4.57. The van der Waals surface area contributed by atoms with Crippen molar-refractivity contribution in [2.75, 3.05) is 7.11 Å². The number of ether oxygens (including phenoxy) is 1. The highest BCUT2D eigenvalue weighted by atomic mass is 16.5. The lowest BCUT2D eigenvalue weighted by atomic mass is 10.1. The van der Waals surface area contributed by atoms with Crippen molar-refractivity contribution < 1.29 is 14.3 Å². The van der Waals surface area contributed by atoms with Crippen molar-refractivity contribution in [2.45, 2.75) is 20.4 Å². The molecule has 2 N–H and O–H groups in total. The molecule has 0 atom stereocenters. The van der Waals surface area contributed by atoms with Gasteiger partial charge in [-0.15, -0.1) is 5.10 Å². The van der Waals surface area contributed by atoms with E-state index in [0.29, 0.717) is 17.0 Å². The minimum Gasteiger partial charge on any atom is -0.464 e. The number of aryl methyl sites for hydroxylation is 2. The zero-order valence-corrected chi connectivity index (χ0v) is 12.2. The Morgan fingerprint density at radius 2 is 2.00 bits per heavy atom. The number of esters is 1. The summed E-state index contributed by atoms with van der Waals surface area (Å²) in [4.78, 5) is 23.0. The lowest BCUT2D eigenvalue weighted by Gasteiger charge is -2.06. The van der Waals surface area contributed by atoms with E-state index in [1.165, 1.54) is 11.8 Å². The Labute approximate surface area is 120 Å². The van der Waals surface area contributed by atoms with Crippen LogP contribution in [0, 0.1) is 13.8 Å². The van der Waals surface area contributed by atoms with Crippen molar-refractivity contribution in [3.8, 4) is 11.3 Å². The number of nitrogens with two attached hydrogens (primary N) is 1. The van der Waals surface area contributed by atoms with E-state index in [4.69, 9.17) is 10.5 Å². The molecule has 0 bridgehead atoms. The van der Waals surface area contributed by atoms with Crippen molar-refractivity contribution in [3.05, 3.63) is 17.1 Å². The van der Waals surface area contributed by atoms with E-state index in [0.717, 1.165) is 5.69 Å². The minimum absolute atomic E-state index is 0.0259. The summed E-state index contributed by atoms with van der Waals surface area (Å²) in [5.74, 6) is -1.22. The molecule has 0 aliphatic heterocycles. The molecule has 9 heteroatoms. The molecule has 21 heavy (non-hydrogen) atoms. The molecule has 1 amide bonds. The maximum Gasteiger partial charge on any atom is 0.360 e. The number of rotatable bonds is 4. The first-order chi connectivity index (χ1) is 9.86. The van der Waals surface area contributed by atoms with Crippen molar-refractivity contribution in [1.82, 2.24) is 24.8 Å². The van der Waals surface area contributed by atoms with Crippen LogP contribution in [0.2, 0.25) is 0 Å². The van der Waals surface area contributed by atoms with Gasteiger partial charge in [0.05, 0.1) is 12.8 Å². The Balaban J connectivity index is 2.71. The van der Waals surface area contributed by atoms with Gasteiger partial charge < -0.3 is 10.5 Å². The Kier molecular flexibility index (Phi) is 3.74. The van der Waals surface area contributed by atoms with Crippen LogP contribution in [0.15, 0.2) is 0 Å². The molecule has 2 heterocycles. The van der Waals surface area contributed by atoms with Crippen molar-refractivity contribution in [2.24, 2.45) is 12.8 Å². The Hall–Kier alpha value is -2.71. The molecule has 0 radical (unpaired) electrons. The normalized spacial score (nSPS) is 10.7. The van der Waals surface area contributed by atoms with Gasteiger partial charge in [-0.2, -0.15) is 5.10 Å². The summed E-state index contributed by atoms with van der Waals surface area (Å²) in [6.07, 6.45) is 0. The molecule has 0 fully saturated rings. The Morgan fingerprint density at radius 3 is 2.48 bits per heavy atom. The van der Waals surface area contributed by atoms with E-state index in [1.807, 2.05) is 6.92 Å². The van der Waals surface area contributed by atoms with E-state index in [9.17, 15) is 9.59 Å². The first-order valence-corrected chi connectivity index (χ1v) is 6.17. The van der Waals surface area contributed by atoms with Crippen LogP contribution < -0.4 is 5.73 Å². The van der Waals surface area contributed by atoms with Gasteiger partial charge in [0.1, 0.15) is 12.2 Å². The number of methoxy groups -OCH3 is 1. The van der Waals surface area contributed by atoms with Gasteiger partial charge in [-0.1, -0.05) is 5.21 Å². The van der Waals surface area contributed by atoms with Gasteiger partial charge in [-0.3, -0.25) is 9.48 Å². The molecule has 2 aromatic rings. The van der Waals surface area contributed by atoms with Gasteiger partial charge in [0.15, 0.2) is 5.69 Å². The van der Waals surface area contributed by atoms with E-state index in [1.54, 1.807) is 18.7 Å². The molecular formula is C12H16N6O3. The van der Waals surface area contributed by atoms with Crippen LogP contribution in [0.4, 0.5) is 0 Å². The Morgan fingerprint density at radius 1 is 1.33 bits per heavy atom. The number of hydrogen-bond donors (Lipinski definition) is 1. The predicted octanol–water partition coefficient (Wildman–Crippen LogP) is -0.433. The third-order valence-corrected chi connectivity index (χ3v) is 3.17. The van der Waals surface area contributed by atoms with Gasteiger partial charge in [0.25, 0.3) is 0 Å². The molecule has 0 aliphatic carbocycles. The number of carbonyl (C=O) groups is 2. The first-order valence-electron chi connectivity index (χ1n) is 6.17. The van der Waals surface area contributed by atoms with Gasteiger partial charge in [0.2, 0.25) is 5.91 Å². The zero-order valence-electron chi connectivity index (χ0n) is 12.2. The fourth-order valence-corrected chi connectivity index (χ4v) is 2.17. The highest BCUT2D eigenvalue weighted by Gasteiger charge is 2.26. The maximum absolute atomic E-state index is 11.9. The second-order valence-corrected chi connectivity index (χ2v) is 4.57. The summed E-state index contributed by atoms with van der Waals surface area (Å²) < 4.78 is 7.66. The van der Waals surface area contributed by atoms with Crippen LogP contribution in [0.25, 0.3) is 11.3 Å². The van der Waals surface area contributed by atoms with Gasteiger partial charge >= 0.3 is 5.97 Å². The quantitative estimate of drug-likeness (QED) is 0.764. The summed E-state index contributed by atoms with van der Waals surface area (Å²) in [6, 6.07) is 0. The largest absolute Gasteiger partial charge is 0.464 e. The number of primary amides is 1. The third-order valence-electron chi connectivity index (χ3n) is 3.17. The topological polar surface area (TPSA) is 118 Å². The second kappa shape index (κ2) is 5.35. The smallest absolute Gasteiger partial charge is 0.360 e. The Bertz CT molecular complexity index is 715. The van der Waals surface area contributed by atoms with Crippen molar-refractivity contribution in [3.63, 3.8) is 0 Å². The summed E-state index contributed by atoms with van der Waals surface area (Å²) >= 11 is 0. The minimum atomic E-state index is -0.636. The monoisotopic (exact) mass is 292 g/mol. The zero-order chi connectivity index (χ0) is 15.7. The lowest BCUT2D eigenvalue weighted by Crippen LogP contribution is -2.20. The van der Waals surface area contributed by atoms with Gasteiger partial charge in [0, 0.05) is 18.3 Å². The predicted molar refractivity (Wildman–Crippen MR) is 72.2 cm³/mol. The van der Waals surface area contributed by atoms with Gasteiger partial charge in [-0.25, -0.2) is 9.48 Å². The molecular weight excluding hydrogens is 276 g/mol. The molecule has 0 unspecified atom stereocenters. The highest BCUT2D eigenvalue weighted by Crippen LogP contribution is 2.29. The molecule has 0 aromatic carbocycles.